The summed E-state index contributed by atoms with van der Waals surface area (Å²) in [5.74, 6) is 2.93. The van der Waals surface area contributed by atoms with Gasteiger partial charge in [-0.3, -0.25) is 4.79 Å². The van der Waals surface area contributed by atoms with Crippen molar-refractivity contribution in [2.75, 3.05) is 32.1 Å². The number of carbonyl (C=O) groups excluding carboxylic acids is 1. The fourth-order valence-electron chi connectivity index (χ4n) is 6.74. The van der Waals surface area contributed by atoms with Crippen LogP contribution in [0.2, 0.25) is 0 Å². The standard InChI is InChI=1S/C31H38N4O2/c1-19-3-10-27-26(13-19)33-30(21-4-5-21)35(27)28-11-12-34(18-29(28)37-2)17-20-14-23-8-9-25(16-24(23)15-20)32-31(36)22-6-7-22/h3,8-10,13,16,20-22,28-29H,4-7,11-12,14-15,17-18H2,1-2H3,(H,32,36)/t20-,28-,29?/m1/s1. The maximum absolute atomic E-state index is 12.2. The van der Waals surface area contributed by atoms with Gasteiger partial charge in [0.05, 0.1) is 23.2 Å². The molecule has 194 valence electrons. The van der Waals surface area contributed by atoms with Crippen LogP contribution in [-0.4, -0.2) is 53.2 Å². The van der Waals surface area contributed by atoms with Gasteiger partial charge in [0.15, 0.2) is 0 Å². The number of rotatable bonds is 7. The number of nitrogens with one attached hydrogen (secondary N) is 1. The molecular formula is C31H38N4O2. The Kier molecular flexibility index (Phi) is 5.85. The van der Waals surface area contributed by atoms with Crippen LogP contribution < -0.4 is 5.32 Å². The minimum absolute atomic E-state index is 0.165. The van der Waals surface area contributed by atoms with E-state index in [0.717, 1.165) is 62.9 Å². The number of nitrogens with zero attached hydrogens (tertiary/aromatic N) is 3. The lowest BCUT2D eigenvalue weighted by molar-refractivity contribution is -0.117. The number of anilines is 1. The van der Waals surface area contributed by atoms with Crippen molar-refractivity contribution in [2.24, 2.45) is 11.8 Å². The fourth-order valence-corrected chi connectivity index (χ4v) is 6.74. The van der Waals surface area contributed by atoms with Crippen molar-refractivity contribution in [1.82, 2.24) is 14.5 Å². The third-order valence-corrected chi connectivity index (χ3v) is 9.01. The number of piperidine rings is 1. The highest BCUT2D eigenvalue weighted by Crippen LogP contribution is 2.43. The summed E-state index contributed by atoms with van der Waals surface area (Å²) in [5.41, 5.74) is 7.49. The van der Waals surface area contributed by atoms with E-state index >= 15 is 0 Å². The van der Waals surface area contributed by atoms with Gasteiger partial charge in [-0.25, -0.2) is 4.98 Å². The number of amides is 1. The van der Waals surface area contributed by atoms with E-state index in [1.54, 1.807) is 0 Å². The van der Waals surface area contributed by atoms with E-state index in [0.29, 0.717) is 17.9 Å². The second-order valence-corrected chi connectivity index (χ2v) is 12.0. The predicted octanol–water partition coefficient (Wildman–Crippen LogP) is 5.25. The largest absolute Gasteiger partial charge is 0.378 e. The van der Waals surface area contributed by atoms with Crippen LogP contribution in [0.4, 0.5) is 5.69 Å². The van der Waals surface area contributed by atoms with Gasteiger partial charge in [-0.15, -0.1) is 0 Å². The van der Waals surface area contributed by atoms with Crippen molar-refractivity contribution < 1.29 is 9.53 Å². The lowest BCUT2D eigenvalue weighted by Gasteiger charge is -2.40. The topological polar surface area (TPSA) is 59.4 Å². The van der Waals surface area contributed by atoms with Crippen LogP contribution in [0.25, 0.3) is 11.0 Å². The molecule has 37 heavy (non-hydrogen) atoms. The number of carbonyl (C=O) groups is 1. The average Bonchev–Trinajstić information content (AvgIpc) is 3.82. The van der Waals surface area contributed by atoms with Crippen LogP contribution in [0.1, 0.15) is 66.6 Å². The molecule has 1 aromatic heterocycles. The van der Waals surface area contributed by atoms with Crippen molar-refractivity contribution in [2.45, 2.75) is 69.9 Å². The third-order valence-electron chi connectivity index (χ3n) is 9.01. The number of hydrogen-bond donors (Lipinski definition) is 1. The number of aromatic nitrogens is 2. The number of imidazole rings is 1. The van der Waals surface area contributed by atoms with Crippen LogP contribution in [0, 0.1) is 18.8 Å². The Morgan fingerprint density at radius 2 is 1.89 bits per heavy atom. The molecule has 3 fully saturated rings. The zero-order valence-corrected chi connectivity index (χ0v) is 22.1. The first-order chi connectivity index (χ1) is 18.1. The van der Waals surface area contributed by atoms with E-state index in [1.807, 2.05) is 7.11 Å². The van der Waals surface area contributed by atoms with Gasteiger partial charge in [-0.05, 0) is 98.7 Å². The maximum Gasteiger partial charge on any atom is 0.227 e. The van der Waals surface area contributed by atoms with Gasteiger partial charge in [-0.1, -0.05) is 12.1 Å². The number of fused-ring (bicyclic) bond motifs is 2. The molecule has 7 rings (SSSR count). The molecule has 6 heteroatoms. The number of methoxy groups -OCH3 is 1. The summed E-state index contributed by atoms with van der Waals surface area (Å²) in [7, 11) is 1.88. The molecule has 6 nitrogen and oxygen atoms in total. The first-order valence-corrected chi connectivity index (χ1v) is 14.2. The van der Waals surface area contributed by atoms with E-state index in [4.69, 9.17) is 9.72 Å². The number of aryl methyl sites for hydroxylation is 1. The predicted molar refractivity (Wildman–Crippen MR) is 146 cm³/mol. The third kappa shape index (κ3) is 4.59. The van der Waals surface area contributed by atoms with Crippen molar-refractivity contribution in [3.05, 3.63) is 58.9 Å². The Labute approximate surface area is 219 Å². The van der Waals surface area contributed by atoms with Crippen LogP contribution in [0.15, 0.2) is 36.4 Å². The van der Waals surface area contributed by atoms with E-state index in [9.17, 15) is 4.79 Å². The van der Waals surface area contributed by atoms with Gasteiger partial charge < -0.3 is 19.5 Å². The van der Waals surface area contributed by atoms with E-state index in [1.165, 1.54) is 40.9 Å². The molecule has 3 aliphatic carbocycles. The summed E-state index contributed by atoms with van der Waals surface area (Å²) in [6.45, 7) is 5.31. The van der Waals surface area contributed by atoms with Gasteiger partial charge >= 0.3 is 0 Å². The minimum atomic E-state index is 0.165. The van der Waals surface area contributed by atoms with E-state index in [-0.39, 0.29) is 17.9 Å². The maximum atomic E-state index is 12.2. The smallest absolute Gasteiger partial charge is 0.227 e. The molecule has 3 aromatic rings. The van der Waals surface area contributed by atoms with Crippen molar-refractivity contribution in [3.8, 4) is 0 Å². The Morgan fingerprint density at radius 3 is 2.68 bits per heavy atom. The Hall–Kier alpha value is -2.70. The second kappa shape index (κ2) is 9.25. The molecule has 0 spiro atoms. The van der Waals surface area contributed by atoms with Crippen molar-refractivity contribution >= 4 is 22.6 Å². The van der Waals surface area contributed by atoms with Crippen LogP contribution in [-0.2, 0) is 22.4 Å². The Balaban J connectivity index is 1.03. The molecule has 4 aliphatic rings. The highest BCUT2D eigenvalue weighted by atomic mass is 16.5. The van der Waals surface area contributed by atoms with Gasteiger partial charge in [0.25, 0.3) is 0 Å². The fraction of sp³-hybridized carbons (Fsp3) is 0.548. The average molecular weight is 499 g/mol. The number of likely N-dealkylation sites (tertiary alicyclic amines) is 1. The molecule has 0 bridgehead atoms. The zero-order chi connectivity index (χ0) is 25.1. The molecule has 1 N–H and O–H groups in total. The number of benzene rings is 2. The van der Waals surface area contributed by atoms with E-state index < -0.39 is 0 Å². The quantitative estimate of drug-likeness (QED) is 0.484. The molecule has 1 saturated heterocycles. The summed E-state index contributed by atoms with van der Waals surface area (Å²) in [6, 6.07) is 13.6. The molecular weight excluding hydrogens is 460 g/mol. The first-order valence-electron chi connectivity index (χ1n) is 14.2. The zero-order valence-electron chi connectivity index (χ0n) is 22.1. The second-order valence-electron chi connectivity index (χ2n) is 12.0. The molecule has 1 amide bonds. The van der Waals surface area contributed by atoms with Gasteiger partial charge in [0.2, 0.25) is 5.91 Å². The van der Waals surface area contributed by atoms with Gasteiger partial charge in [0.1, 0.15) is 5.82 Å². The Bertz CT molecular complexity index is 1340. The van der Waals surface area contributed by atoms with Crippen LogP contribution in [0.3, 0.4) is 0 Å². The molecule has 2 saturated carbocycles. The minimum Gasteiger partial charge on any atom is -0.378 e. The molecule has 1 unspecified atom stereocenters. The normalized spacial score (nSPS) is 25.9. The first kappa shape index (κ1) is 23.4. The van der Waals surface area contributed by atoms with Crippen LogP contribution >= 0.6 is 0 Å². The Morgan fingerprint density at radius 1 is 1.05 bits per heavy atom. The SMILES string of the molecule is COC1CN(C[C@@H]2Cc3ccc(NC(=O)C4CC4)cc3C2)CC[C@H]1n1c(C2CC2)nc2cc(C)ccc21. The summed E-state index contributed by atoms with van der Waals surface area (Å²) in [4.78, 5) is 19.9. The molecule has 2 heterocycles. The van der Waals surface area contributed by atoms with Gasteiger partial charge in [0, 0.05) is 44.3 Å². The summed E-state index contributed by atoms with van der Waals surface area (Å²) in [6.07, 6.45) is 8.07. The number of ether oxygens (including phenoxy) is 1. The van der Waals surface area contributed by atoms with Gasteiger partial charge in [-0.2, -0.15) is 0 Å². The monoisotopic (exact) mass is 498 g/mol. The molecule has 2 aromatic carbocycles. The highest BCUT2D eigenvalue weighted by molar-refractivity contribution is 5.94. The molecule has 1 aliphatic heterocycles. The lowest BCUT2D eigenvalue weighted by atomic mass is 9.98. The highest BCUT2D eigenvalue weighted by Gasteiger charge is 2.38. The molecule has 0 radical (unpaired) electrons. The van der Waals surface area contributed by atoms with Crippen molar-refractivity contribution in [1.29, 1.82) is 0 Å². The van der Waals surface area contributed by atoms with Crippen molar-refractivity contribution in [3.63, 3.8) is 0 Å². The lowest BCUT2D eigenvalue weighted by Crippen LogP contribution is -2.47. The summed E-state index contributed by atoms with van der Waals surface area (Å²) >= 11 is 0. The van der Waals surface area contributed by atoms with Crippen LogP contribution in [0.5, 0.6) is 0 Å². The molecule has 3 atom stereocenters. The summed E-state index contributed by atoms with van der Waals surface area (Å²) in [5, 5.41) is 3.12. The number of hydrogen-bond acceptors (Lipinski definition) is 4. The van der Waals surface area contributed by atoms with E-state index in [2.05, 4.69) is 58.1 Å². The summed E-state index contributed by atoms with van der Waals surface area (Å²) < 4.78 is 8.70.